The summed E-state index contributed by atoms with van der Waals surface area (Å²) in [5.41, 5.74) is 0.622. The fourth-order valence-electron chi connectivity index (χ4n) is 0.164. The minimum Gasteiger partial charge on any atom is -0.394 e. The molecule has 0 aliphatic carbocycles. The first-order valence-corrected chi connectivity index (χ1v) is 6.84. The molecule has 0 aromatic rings. The van der Waals surface area contributed by atoms with Crippen molar-refractivity contribution in [3.63, 3.8) is 0 Å². The van der Waals surface area contributed by atoms with Crippen molar-refractivity contribution in [1.82, 2.24) is 0 Å². The van der Waals surface area contributed by atoms with E-state index in [2.05, 4.69) is 13.1 Å². The summed E-state index contributed by atoms with van der Waals surface area (Å²) in [6, 6.07) is 0. The summed E-state index contributed by atoms with van der Waals surface area (Å²) in [5, 5.41) is 8.98. The molecule has 0 heterocycles. The lowest BCUT2D eigenvalue weighted by atomic mass is 10.5. The molecule has 56 valence electrons. The van der Waals surface area contributed by atoms with Crippen molar-refractivity contribution in [3.05, 3.63) is 0 Å². The Morgan fingerprint density at radius 1 is 1.44 bits per heavy atom. The van der Waals surface area contributed by atoms with Crippen LogP contribution in [0.1, 0.15) is 13.8 Å². The van der Waals surface area contributed by atoms with Gasteiger partial charge >= 0.3 is 0 Å². The number of hydrogen-bond acceptors (Lipinski definition) is 1. The molecule has 0 fully saturated rings. The summed E-state index contributed by atoms with van der Waals surface area (Å²) >= 11 is 5.68. The summed E-state index contributed by atoms with van der Waals surface area (Å²) in [6.07, 6.45) is 0. The van der Waals surface area contributed by atoms with Gasteiger partial charge in [-0.3, -0.25) is 0 Å². The zero-order chi connectivity index (χ0) is 7.71. The van der Waals surface area contributed by atoms with Gasteiger partial charge in [-0.05, 0) is 13.8 Å². The Bertz CT molecular complexity index is 95.7. The second kappa shape index (κ2) is 2.60. The van der Waals surface area contributed by atoms with Crippen molar-refractivity contribution in [1.29, 1.82) is 0 Å². The highest BCUT2D eigenvalue weighted by Crippen LogP contribution is 2.20. The smallest absolute Gasteiger partial charge is 0.0999 e. The molecule has 0 rings (SSSR count). The highest BCUT2D eigenvalue weighted by atomic mass is 35.5. The average Bonchev–Trinajstić information content (AvgIpc) is 1.64. The zero-order valence-corrected chi connectivity index (χ0v) is 8.29. The van der Waals surface area contributed by atoms with Crippen molar-refractivity contribution in [3.8, 4) is 0 Å². The lowest BCUT2D eigenvalue weighted by molar-refractivity contribution is 0.156. The highest BCUT2D eigenvalue weighted by molar-refractivity contribution is 6.85. The Morgan fingerprint density at radius 3 is 1.78 bits per heavy atom. The van der Waals surface area contributed by atoms with Gasteiger partial charge in [-0.25, -0.2) is 0 Å². The summed E-state index contributed by atoms with van der Waals surface area (Å²) < 4.78 is 0. The number of hydrogen-bond donors (Lipinski definition) is 1. The molecule has 0 aliphatic heterocycles. The van der Waals surface area contributed by atoms with Crippen molar-refractivity contribution >= 4 is 19.7 Å². The number of halogens is 1. The molecular weight excluding hydrogens is 152 g/mol. The zero-order valence-electron chi connectivity index (χ0n) is 6.53. The van der Waals surface area contributed by atoms with Gasteiger partial charge in [0.05, 0.1) is 13.3 Å². The SMILES string of the molecule is CC(C)(O)[Si](C)(C)CCl. The maximum Gasteiger partial charge on any atom is 0.0999 e. The van der Waals surface area contributed by atoms with Gasteiger partial charge in [0.15, 0.2) is 0 Å². The number of rotatable bonds is 2. The molecule has 0 aromatic heterocycles. The first-order valence-electron chi connectivity index (χ1n) is 3.09. The van der Waals surface area contributed by atoms with Crippen LogP contribution in [0.5, 0.6) is 0 Å². The third-order valence-electron chi connectivity index (χ3n) is 1.99. The van der Waals surface area contributed by atoms with E-state index in [0.29, 0.717) is 5.50 Å². The van der Waals surface area contributed by atoms with Gasteiger partial charge in [-0.15, -0.1) is 11.6 Å². The summed E-state index contributed by atoms with van der Waals surface area (Å²) in [5.74, 6) is 0. The molecule has 0 spiro atoms. The molecule has 1 N–H and O–H groups in total. The van der Waals surface area contributed by atoms with Crippen molar-refractivity contribution in [2.75, 3.05) is 5.50 Å². The molecule has 0 aliphatic rings. The van der Waals surface area contributed by atoms with Gasteiger partial charge < -0.3 is 5.11 Å². The van der Waals surface area contributed by atoms with Crippen LogP contribution < -0.4 is 0 Å². The Morgan fingerprint density at radius 2 is 1.78 bits per heavy atom. The molecule has 0 unspecified atom stereocenters. The van der Waals surface area contributed by atoms with Crippen molar-refractivity contribution in [2.24, 2.45) is 0 Å². The molecule has 0 saturated carbocycles. The monoisotopic (exact) mass is 166 g/mol. The Labute approximate surface area is 63.0 Å². The van der Waals surface area contributed by atoms with E-state index in [1.165, 1.54) is 0 Å². The maximum absolute atomic E-state index is 9.52. The van der Waals surface area contributed by atoms with Crippen LogP contribution in [0.2, 0.25) is 13.1 Å². The van der Waals surface area contributed by atoms with Crippen LogP contribution in [0, 0.1) is 0 Å². The molecule has 0 radical (unpaired) electrons. The summed E-state index contributed by atoms with van der Waals surface area (Å²) in [6.45, 7) is 7.84. The highest BCUT2D eigenvalue weighted by Gasteiger charge is 2.36. The molecule has 0 amide bonds. The fourth-order valence-corrected chi connectivity index (χ4v) is 1.47. The molecule has 3 heteroatoms. The molecule has 1 nitrogen and oxygen atoms in total. The van der Waals surface area contributed by atoms with E-state index in [-0.39, 0.29) is 0 Å². The minimum absolute atomic E-state index is 0.547. The minimum atomic E-state index is -1.56. The lowest BCUT2D eigenvalue weighted by Gasteiger charge is -2.33. The van der Waals surface area contributed by atoms with Crippen molar-refractivity contribution in [2.45, 2.75) is 32.2 Å². The first kappa shape index (κ1) is 9.47. The lowest BCUT2D eigenvalue weighted by Crippen LogP contribution is -2.51. The second-order valence-corrected chi connectivity index (χ2v) is 9.64. The molecule has 0 saturated heterocycles. The largest absolute Gasteiger partial charge is 0.394 e. The predicted octanol–water partition coefficient (Wildman–Crippen LogP) is 1.78. The average molecular weight is 167 g/mol. The Hall–Kier alpha value is 0.467. The first-order chi connectivity index (χ1) is 3.81. The van der Waals surface area contributed by atoms with Crippen LogP contribution in [-0.2, 0) is 0 Å². The second-order valence-electron chi connectivity index (χ2n) is 3.58. The van der Waals surface area contributed by atoms with Gasteiger partial charge in [0.1, 0.15) is 0 Å². The summed E-state index contributed by atoms with van der Waals surface area (Å²) in [4.78, 5) is 0. The topological polar surface area (TPSA) is 20.2 Å². The van der Waals surface area contributed by atoms with E-state index in [1.54, 1.807) is 0 Å². The van der Waals surface area contributed by atoms with Gasteiger partial charge in [0, 0.05) is 5.50 Å². The van der Waals surface area contributed by atoms with Crippen LogP contribution in [0.3, 0.4) is 0 Å². The molecule has 0 atom stereocenters. The molecule has 0 bridgehead atoms. The van der Waals surface area contributed by atoms with Gasteiger partial charge in [-0.2, -0.15) is 0 Å². The molecular formula is C6H15ClOSi. The van der Waals surface area contributed by atoms with Crippen LogP contribution in [0.25, 0.3) is 0 Å². The van der Waals surface area contributed by atoms with E-state index in [4.69, 9.17) is 11.6 Å². The fraction of sp³-hybridized carbons (Fsp3) is 1.00. The standard InChI is InChI=1S/C6H15ClOSi/c1-6(2,8)9(3,4)5-7/h8H,5H2,1-4H3. The van der Waals surface area contributed by atoms with Gasteiger partial charge in [0.25, 0.3) is 0 Å². The normalized spacial score (nSPS) is 14.0. The third kappa shape index (κ3) is 2.28. The van der Waals surface area contributed by atoms with Crippen LogP contribution in [-0.4, -0.2) is 23.9 Å². The number of alkyl halides is 1. The van der Waals surface area contributed by atoms with E-state index in [1.807, 2.05) is 13.8 Å². The third-order valence-corrected chi connectivity index (χ3v) is 7.98. The maximum atomic E-state index is 9.52. The van der Waals surface area contributed by atoms with Crippen LogP contribution in [0.15, 0.2) is 0 Å². The van der Waals surface area contributed by atoms with E-state index in [0.717, 1.165) is 0 Å². The van der Waals surface area contributed by atoms with E-state index >= 15 is 0 Å². The van der Waals surface area contributed by atoms with Gasteiger partial charge in [0.2, 0.25) is 0 Å². The quantitative estimate of drug-likeness (QED) is 0.490. The number of aliphatic hydroxyl groups is 1. The predicted molar refractivity (Wildman–Crippen MR) is 44.5 cm³/mol. The molecule has 9 heavy (non-hydrogen) atoms. The molecule has 0 aromatic carbocycles. The Balaban J connectivity index is 4.14. The van der Waals surface area contributed by atoms with Gasteiger partial charge in [-0.1, -0.05) is 13.1 Å². The van der Waals surface area contributed by atoms with E-state index < -0.39 is 13.3 Å². The van der Waals surface area contributed by atoms with Crippen LogP contribution in [0.4, 0.5) is 0 Å². The van der Waals surface area contributed by atoms with Crippen molar-refractivity contribution < 1.29 is 5.11 Å². The van der Waals surface area contributed by atoms with E-state index in [9.17, 15) is 5.11 Å². The summed E-state index contributed by atoms with van der Waals surface area (Å²) in [7, 11) is -1.56. The Kier molecular flexibility index (Phi) is 2.74. The van der Waals surface area contributed by atoms with Crippen LogP contribution >= 0.6 is 11.6 Å².